The number of nitrogens with zero attached hydrogens (tertiary/aromatic N) is 4. The van der Waals surface area contributed by atoms with E-state index < -0.39 is 0 Å². The minimum absolute atomic E-state index is 0.0740. The van der Waals surface area contributed by atoms with Crippen LogP contribution in [0.1, 0.15) is 35.5 Å². The van der Waals surface area contributed by atoms with Crippen LogP contribution < -0.4 is 5.32 Å². The first kappa shape index (κ1) is 15.8. The zero-order valence-corrected chi connectivity index (χ0v) is 13.1. The molecule has 0 saturated carbocycles. The first-order chi connectivity index (χ1) is 10.5. The van der Waals surface area contributed by atoms with Gasteiger partial charge in [-0.25, -0.2) is 0 Å². The van der Waals surface area contributed by atoms with Crippen molar-refractivity contribution in [3.05, 3.63) is 28.7 Å². The van der Waals surface area contributed by atoms with E-state index >= 15 is 0 Å². The summed E-state index contributed by atoms with van der Waals surface area (Å²) in [5.74, 6) is 0.468. The van der Waals surface area contributed by atoms with Crippen LogP contribution in [0, 0.1) is 32.1 Å². The van der Waals surface area contributed by atoms with E-state index in [1.54, 1.807) is 6.07 Å². The van der Waals surface area contributed by atoms with Crippen molar-refractivity contribution >= 4 is 11.7 Å². The highest BCUT2D eigenvalue weighted by Gasteiger charge is 2.13. The number of amides is 1. The third kappa shape index (κ3) is 3.73. The molecular weight excluding hydrogens is 280 g/mol. The third-order valence-electron chi connectivity index (χ3n) is 3.54. The number of hydrogen-bond acceptors (Lipinski definition) is 4. The van der Waals surface area contributed by atoms with Gasteiger partial charge in [0.15, 0.2) is 5.82 Å². The Labute approximate surface area is 129 Å². The van der Waals surface area contributed by atoms with Crippen LogP contribution in [0.2, 0.25) is 0 Å². The zero-order valence-electron chi connectivity index (χ0n) is 13.1. The number of aromatic nitrogens is 4. The molecule has 0 spiro atoms. The number of nitrogens with one attached hydrogen (secondary N) is 2. The standard InChI is InChI=1S/C15H20N6O/c1-10-9-14(19-18-10)17-15(22)6-5-13-11(2)20-21(12(13)3)8-4-7-16/h9H,4-6,8H2,1-3H3,(H2,17,18,19,22). The van der Waals surface area contributed by atoms with Crippen LogP contribution in [0.25, 0.3) is 0 Å². The number of hydrogen-bond donors (Lipinski definition) is 2. The lowest BCUT2D eigenvalue weighted by molar-refractivity contribution is -0.116. The first-order valence-corrected chi connectivity index (χ1v) is 7.23. The lowest BCUT2D eigenvalue weighted by Gasteiger charge is -2.04. The Balaban J connectivity index is 1.95. The van der Waals surface area contributed by atoms with Gasteiger partial charge in [-0.1, -0.05) is 0 Å². The predicted molar refractivity (Wildman–Crippen MR) is 82.2 cm³/mol. The fraction of sp³-hybridized carbons (Fsp3) is 0.467. The molecule has 2 N–H and O–H groups in total. The van der Waals surface area contributed by atoms with Gasteiger partial charge in [0, 0.05) is 23.9 Å². The van der Waals surface area contributed by atoms with E-state index in [0.717, 1.165) is 22.6 Å². The van der Waals surface area contributed by atoms with E-state index in [-0.39, 0.29) is 5.91 Å². The molecule has 0 saturated heterocycles. The van der Waals surface area contributed by atoms with Crippen LogP contribution in [-0.4, -0.2) is 25.9 Å². The van der Waals surface area contributed by atoms with Gasteiger partial charge in [0.2, 0.25) is 5.91 Å². The van der Waals surface area contributed by atoms with Crippen LogP contribution in [0.15, 0.2) is 6.07 Å². The highest BCUT2D eigenvalue weighted by atomic mass is 16.1. The SMILES string of the molecule is Cc1cc(NC(=O)CCc2c(C)nn(CCC#N)c2C)n[nH]1. The summed E-state index contributed by atoms with van der Waals surface area (Å²) in [5.41, 5.74) is 3.92. The molecule has 7 nitrogen and oxygen atoms in total. The van der Waals surface area contributed by atoms with Crippen LogP contribution >= 0.6 is 0 Å². The van der Waals surface area contributed by atoms with Gasteiger partial charge in [-0.2, -0.15) is 15.5 Å². The van der Waals surface area contributed by atoms with E-state index in [1.807, 2.05) is 25.5 Å². The summed E-state index contributed by atoms with van der Waals surface area (Å²) >= 11 is 0. The van der Waals surface area contributed by atoms with Gasteiger partial charge in [0.1, 0.15) is 0 Å². The van der Waals surface area contributed by atoms with Crippen molar-refractivity contribution in [3.63, 3.8) is 0 Å². The molecule has 0 aliphatic rings. The second kappa shape index (κ2) is 6.89. The van der Waals surface area contributed by atoms with Crippen LogP contribution in [-0.2, 0) is 17.8 Å². The number of H-pyrrole nitrogens is 1. The Morgan fingerprint density at radius 2 is 2.23 bits per heavy atom. The van der Waals surface area contributed by atoms with Gasteiger partial charge in [-0.15, -0.1) is 0 Å². The Morgan fingerprint density at radius 3 is 2.86 bits per heavy atom. The highest BCUT2D eigenvalue weighted by Crippen LogP contribution is 2.16. The monoisotopic (exact) mass is 300 g/mol. The molecule has 0 aromatic carbocycles. The molecule has 7 heteroatoms. The molecule has 2 rings (SSSR count). The topological polar surface area (TPSA) is 99.4 Å². The fourth-order valence-corrected chi connectivity index (χ4v) is 2.40. The number of aryl methyl sites for hydroxylation is 3. The van der Waals surface area contributed by atoms with Crippen molar-refractivity contribution in [1.82, 2.24) is 20.0 Å². The van der Waals surface area contributed by atoms with Gasteiger partial charge in [-0.3, -0.25) is 14.6 Å². The molecule has 116 valence electrons. The summed E-state index contributed by atoms with van der Waals surface area (Å²) in [5, 5.41) is 22.6. The Hall–Kier alpha value is -2.62. The summed E-state index contributed by atoms with van der Waals surface area (Å²) in [7, 11) is 0. The minimum atomic E-state index is -0.0740. The van der Waals surface area contributed by atoms with Crippen molar-refractivity contribution < 1.29 is 4.79 Å². The van der Waals surface area contributed by atoms with Gasteiger partial charge in [-0.05, 0) is 32.8 Å². The molecule has 2 aromatic rings. The second-order valence-electron chi connectivity index (χ2n) is 5.27. The first-order valence-electron chi connectivity index (χ1n) is 7.23. The average molecular weight is 300 g/mol. The van der Waals surface area contributed by atoms with Crippen LogP contribution in [0.3, 0.4) is 0 Å². The molecule has 0 aliphatic carbocycles. The molecule has 0 bridgehead atoms. The number of carbonyl (C=O) groups is 1. The lowest BCUT2D eigenvalue weighted by atomic mass is 10.1. The van der Waals surface area contributed by atoms with Gasteiger partial charge in [0.05, 0.1) is 24.7 Å². The van der Waals surface area contributed by atoms with E-state index in [2.05, 4.69) is 26.7 Å². The van der Waals surface area contributed by atoms with E-state index in [1.165, 1.54) is 0 Å². The molecule has 0 atom stereocenters. The van der Waals surface area contributed by atoms with Crippen molar-refractivity contribution in [3.8, 4) is 6.07 Å². The number of anilines is 1. The average Bonchev–Trinajstić information content (AvgIpc) is 2.99. The molecular formula is C15H20N6O. The van der Waals surface area contributed by atoms with Crippen LogP contribution in [0.4, 0.5) is 5.82 Å². The predicted octanol–water partition coefficient (Wildman–Crippen LogP) is 2.02. The molecule has 0 fully saturated rings. The maximum atomic E-state index is 12.0. The van der Waals surface area contributed by atoms with Crippen molar-refractivity contribution in [1.29, 1.82) is 5.26 Å². The molecule has 0 unspecified atom stereocenters. The molecule has 2 aromatic heterocycles. The quantitative estimate of drug-likeness (QED) is 0.852. The maximum absolute atomic E-state index is 12.0. The van der Waals surface area contributed by atoms with Gasteiger partial charge in [0.25, 0.3) is 0 Å². The summed E-state index contributed by atoms with van der Waals surface area (Å²) < 4.78 is 1.84. The zero-order chi connectivity index (χ0) is 16.1. The molecule has 0 radical (unpaired) electrons. The number of aromatic amines is 1. The van der Waals surface area contributed by atoms with Crippen molar-refractivity contribution in [2.75, 3.05) is 5.32 Å². The summed E-state index contributed by atoms with van der Waals surface area (Å²) in [6.45, 7) is 6.37. The largest absolute Gasteiger partial charge is 0.309 e. The summed E-state index contributed by atoms with van der Waals surface area (Å²) in [6, 6.07) is 3.90. The van der Waals surface area contributed by atoms with E-state index in [4.69, 9.17) is 5.26 Å². The Kier molecular flexibility index (Phi) is 4.94. The second-order valence-corrected chi connectivity index (χ2v) is 5.27. The summed E-state index contributed by atoms with van der Waals surface area (Å²) in [6.07, 6.45) is 1.43. The minimum Gasteiger partial charge on any atom is -0.309 e. The van der Waals surface area contributed by atoms with Crippen LogP contribution in [0.5, 0.6) is 0 Å². The smallest absolute Gasteiger partial charge is 0.225 e. The number of nitriles is 1. The van der Waals surface area contributed by atoms with Gasteiger partial charge >= 0.3 is 0 Å². The fourth-order valence-electron chi connectivity index (χ4n) is 2.40. The maximum Gasteiger partial charge on any atom is 0.225 e. The molecule has 1 amide bonds. The Bertz CT molecular complexity index is 706. The molecule has 22 heavy (non-hydrogen) atoms. The number of rotatable bonds is 6. The molecule has 2 heterocycles. The van der Waals surface area contributed by atoms with Crippen molar-refractivity contribution in [2.45, 2.75) is 46.6 Å². The lowest BCUT2D eigenvalue weighted by Crippen LogP contribution is -2.13. The van der Waals surface area contributed by atoms with Crippen molar-refractivity contribution in [2.24, 2.45) is 0 Å². The van der Waals surface area contributed by atoms with E-state index in [0.29, 0.717) is 31.6 Å². The Morgan fingerprint density at radius 1 is 1.45 bits per heavy atom. The highest BCUT2D eigenvalue weighted by molar-refractivity contribution is 5.89. The van der Waals surface area contributed by atoms with Gasteiger partial charge < -0.3 is 5.32 Å². The van der Waals surface area contributed by atoms with E-state index in [9.17, 15) is 4.79 Å². The third-order valence-corrected chi connectivity index (χ3v) is 3.54. The number of carbonyl (C=O) groups excluding carboxylic acids is 1. The normalized spacial score (nSPS) is 10.5. The summed E-state index contributed by atoms with van der Waals surface area (Å²) in [4.78, 5) is 12.0. The molecule has 0 aliphatic heterocycles.